The average Bonchev–Trinajstić information content (AvgIpc) is 2.92. The highest BCUT2D eigenvalue weighted by molar-refractivity contribution is 9.10. The van der Waals surface area contributed by atoms with E-state index in [9.17, 15) is 4.79 Å². The predicted molar refractivity (Wildman–Crippen MR) is 109 cm³/mol. The van der Waals surface area contributed by atoms with Crippen LogP contribution in [0.2, 0.25) is 0 Å². The third kappa shape index (κ3) is 3.83. The summed E-state index contributed by atoms with van der Waals surface area (Å²) in [5.74, 6) is 0.794. The van der Waals surface area contributed by atoms with Crippen LogP contribution in [0.4, 0.5) is 0 Å². The summed E-state index contributed by atoms with van der Waals surface area (Å²) in [5, 5.41) is 4.15. The third-order valence-electron chi connectivity index (χ3n) is 4.19. The van der Waals surface area contributed by atoms with Crippen LogP contribution in [-0.4, -0.2) is 15.9 Å². The Balaban J connectivity index is 2.01. The van der Waals surface area contributed by atoms with Crippen LogP contribution in [0.3, 0.4) is 0 Å². The van der Waals surface area contributed by atoms with Gasteiger partial charge in [-0.3, -0.25) is 9.89 Å². The lowest BCUT2D eigenvalue weighted by molar-refractivity contribution is 0.216. The number of hydrogen-bond acceptors (Lipinski definition) is 2. The number of halogens is 1. The first-order valence-electron chi connectivity index (χ1n) is 8.53. The smallest absolute Gasteiger partial charge is 0.279 e. The molecule has 134 valence electrons. The van der Waals surface area contributed by atoms with Crippen LogP contribution in [0.25, 0.3) is 18.3 Å². The Bertz CT molecular complexity index is 1070. The minimum atomic E-state index is -0.128. The van der Waals surface area contributed by atoms with Gasteiger partial charge in [0.15, 0.2) is 0 Å². The van der Waals surface area contributed by atoms with Gasteiger partial charge < -0.3 is 4.74 Å². The zero-order valence-corrected chi connectivity index (χ0v) is 16.4. The lowest BCUT2D eigenvalue weighted by Crippen LogP contribution is -2.33. The van der Waals surface area contributed by atoms with E-state index in [1.54, 1.807) is 0 Å². The SMILES string of the molecule is C=c1[nH]n(-c2ccccc2)c(=O)/c1=C/c1ccc(O[C@H](C)CC)c(Br)c1. The fourth-order valence-corrected chi connectivity index (χ4v) is 3.06. The molecule has 0 aliphatic heterocycles. The quantitative estimate of drug-likeness (QED) is 0.698. The fraction of sp³-hybridized carbons (Fsp3) is 0.190. The molecule has 5 heteroatoms. The third-order valence-corrected chi connectivity index (χ3v) is 4.81. The number of hydrogen-bond donors (Lipinski definition) is 1. The Morgan fingerprint density at radius 3 is 2.65 bits per heavy atom. The van der Waals surface area contributed by atoms with Gasteiger partial charge >= 0.3 is 0 Å². The summed E-state index contributed by atoms with van der Waals surface area (Å²) < 4.78 is 8.22. The van der Waals surface area contributed by atoms with E-state index < -0.39 is 0 Å². The number of aromatic amines is 1. The number of rotatable bonds is 5. The Kier molecular flexibility index (Phi) is 5.47. The van der Waals surface area contributed by atoms with Crippen molar-refractivity contribution in [2.45, 2.75) is 26.4 Å². The Hall–Kier alpha value is -2.53. The second-order valence-electron chi connectivity index (χ2n) is 6.15. The molecule has 0 bridgehead atoms. The standard InChI is InChI=1S/C21H21BrN2O2/c1-4-14(2)26-20-11-10-16(13-19(20)22)12-18-15(3)23-24(21(18)25)17-8-6-5-7-9-17/h5-14,23H,3-4H2,1-2H3/b18-12+/t14-/m1/s1. The first-order valence-corrected chi connectivity index (χ1v) is 9.32. The molecule has 0 aliphatic carbocycles. The normalized spacial score (nSPS) is 13.0. The van der Waals surface area contributed by atoms with Crippen molar-refractivity contribution in [2.24, 2.45) is 0 Å². The molecule has 0 radical (unpaired) electrons. The average molecular weight is 413 g/mol. The highest BCUT2D eigenvalue weighted by Gasteiger charge is 2.07. The molecule has 1 N–H and O–H groups in total. The molecule has 0 unspecified atom stereocenters. The number of ether oxygens (including phenoxy) is 1. The number of benzene rings is 2. The number of nitrogens with one attached hydrogen (secondary N) is 1. The van der Waals surface area contributed by atoms with Crippen molar-refractivity contribution in [1.82, 2.24) is 9.78 Å². The van der Waals surface area contributed by atoms with Crippen LogP contribution in [-0.2, 0) is 0 Å². The van der Waals surface area contributed by atoms with Gasteiger partial charge in [0.1, 0.15) is 5.75 Å². The monoisotopic (exact) mass is 412 g/mol. The van der Waals surface area contributed by atoms with Gasteiger partial charge in [-0.25, -0.2) is 4.68 Å². The molecular formula is C21H21BrN2O2. The minimum Gasteiger partial charge on any atom is -0.490 e. The van der Waals surface area contributed by atoms with Crippen LogP contribution in [0.1, 0.15) is 25.8 Å². The van der Waals surface area contributed by atoms with E-state index in [-0.39, 0.29) is 11.7 Å². The molecule has 26 heavy (non-hydrogen) atoms. The summed E-state index contributed by atoms with van der Waals surface area (Å²) in [6, 6.07) is 15.2. The van der Waals surface area contributed by atoms with E-state index in [1.807, 2.05) is 61.5 Å². The van der Waals surface area contributed by atoms with Crippen molar-refractivity contribution in [3.8, 4) is 11.4 Å². The topological polar surface area (TPSA) is 47.0 Å². The van der Waals surface area contributed by atoms with Gasteiger partial charge in [-0.15, -0.1) is 0 Å². The maximum Gasteiger partial charge on any atom is 0.279 e. The van der Waals surface area contributed by atoms with E-state index in [0.29, 0.717) is 10.6 Å². The van der Waals surface area contributed by atoms with E-state index in [2.05, 4.69) is 34.5 Å². The molecule has 2 aromatic carbocycles. The van der Waals surface area contributed by atoms with Crippen molar-refractivity contribution in [3.05, 3.63) is 79.5 Å². The second kappa shape index (κ2) is 7.79. The summed E-state index contributed by atoms with van der Waals surface area (Å²) in [6.07, 6.45) is 2.92. The lowest BCUT2D eigenvalue weighted by Gasteiger charge is -2.14. The van der Waals surface area contributed by atoms with Gasteiger partial charge in [-0.05, 0) is 65.2 Å². The number of nitrogens with zero attached hydrogens (tertiary/aromatic N) is 1. The van der Waals surface area contributed by atoms with Crippen molar-refractivity contribution in [2.75, 3.05) is 0 Å². The zero-order chi connectivity index (χ0) is 18.7. The van der Waals surface area contributed by atoms with Crippen molar-refractivity contribution in [1.29, 1.82) is 0 Å². The van der Waals surface area contributed by atoms with Crippen molar-refractivity contribution in [3.63, 3.8) is 0 Å². The van der Waals surface area contributed by atoms with Crippen LogP contribution >= 0.6 is 15.9 Å². The molecule has 0 fully saturated rings. The molecule has 0 saturated carbocycles. The number of para-hydroxylation sites is 1. The summed E-state index contributed by atoms with van der Waals surface area (Å²) in [6.45, 7) is 8.09. The minimum absolute atomic E-state index is 0.128. The predicted octanol–water partition coefficient (Wildman–Crippen LogP) is 3.34. The Morgan fingerprint density at radius 2 is 2.00 bits per heavy atom. The van der Waals surface area contributed by atoms with Crippen LogP contribution < -0.4 is 20.9 Å². The summed E-state index contributed by atoms with van der Waals surface area (Å²) in [5.41, 5.74) is 1.55. The molecule has 0 aliphatic rings. The lowest BCUT2D eigenvalue weighted by atomic mass is 10.2. The van der Waals surface area contributed by atoms with Gasteiger partial charge in [-0.2, -0.15) is 0 Å². The van der Waals surface area contributed by atoms with Gasteiger partial charge in [0, 0.05) is 0 Å². The molecule has 4 nitrogen and oxygen atoms in total. The molecular weight excluding hydrogens is 392 g/mol. The second-order valence-corrected chi connectivity index (χ2v) is 7.01. The highest BCUT2D eigenvalue weighted by atomic mass is 79.9. The molecule has 3 rings (SSSR count). The van der Waals surface area contributed by atoms with E-state index in [0.717, 1.165) is 27.9 Å². The molecule has 3 aromatic rings. The maximum atomic E-state index is 12.8. The van der Waals surface area contributed by atoms with Gasteiger partial charge in [0.2, 0.25) is 0 Å². The number of H-pyrrole nitrogens is 1. The zero-order valence-electron chi connectivity index (χ0n) is 14.8. The molecule has 0 amide bonds. The highest BCUT2D eigenvalue weighted by Crippen LogP contribution is 2.27. The van der Waals surface area contributed by atoms with Crippen LogP contribution in [0.5, 0.6) is 5.75 Å². The molecule has 0 saturated heterocycles. The van der Waals surface area contributed by atoms with Gasteiger partial charge in [-0.1, -0.05) is 37.8 Å². The van der Waals surface area contributed by atoms with Crippen molar-refractivity contribution < 1.29 is 4.74 Å². The fourth-order valence-electron chi connectivity index (χ4n) is 2.57. The summed E-state index contributed by atoms with van der Waals surface area (Å²) in [7, 11) is 0. The van der Waals surface area contributed by atoms with Gasteiger partial charge in [0.05, 0.1) is 26.8 Å². The first-order chi connectivity index (χ1) is 12.5. The van der Waals surface area contributed by atoms with Gasteiger partial charge in [0.25, 0.3) is 5.56 Å². The van der Waals surface area contributed by atoms with E-state index in [4.69, 9.17) is 4.74 Å². The largest absolute Gasteiger partial charge is 0.490 e. The molecule has 0 spiro atoms. The molecule has 1 aromatic heterocycles. The van der Waals surface area contributed by atoms with Crippen LogP contribution in [0.15, 0.2) is 57.8 Å². The Labute approximate surface area is 160 Å². The maximum absolute atomic E-state index is 12.8. The molecule has 1 atom stereocenters. The van der Waals surface area contributed by atoms with Crippen molar-refractivity contribution >= 4 is 28.6 Å². The van der Waals surface area contributed by atoms with E-state index in [1.165, 1.54) is 4.68 Å². The molecule has 1 heterocycles. The van der Waals surface area contributed by atoms with Crippen LogP contribution in [0, 0.1) is 0 Å². The summed E-state index contributed by atoms with van der Waals surface area (Å²) >= 11 is 3.55. The Morgan fingerprint density at radius 1 is 1.27 bits per heavy atom. The number of aromatic nitrogens is 2. The van der Waals surface area contributed by atoms with E-state index >= 15 is 0 Å². The summed E-state index contributed by atoms with van der Waals surface area (Å²) in [4.78, 5) is 12.8. The first kappa shape index (κ1) is 18.3.